The second kappa shape index (κ2) is 13.8. The molecule has 0 spiro atoms. The van der Waals surface area contributed by atoms with Crippen molar-refractivity contribution in [1.29, 1.82) is 0 Å². The van der Waals surface area contributed by atoms with Crippen LogP contribution in [0.25, 0.3) is 6.08 Å². The molecule has 0 fully saturated rings. The second-order valence-electron chi connectivity index (χ2n) is 9.97. The van der Waals surface area contributed by atoms with E-state index in [1.165, 1.54) is 18.4 Å². The third kappa shape index (κ3) is 7.58. The van der Waals surface area contributed by atoms with E-state index in [2.05, 4.69) is 24.1 Å². The first kappa shape index (κ1) is 28.1. The standard InChI is InChI=1S/C33H39N3O3/c1-4-6-21-35(5-2)22-9-20-34-32(37)28-18-16-26(17-19-28)23-31-33(38)36(24-27-14-12-25(3)13-15-27)29-10-7-8-11-30(29)39-31/h7-8,10-19,23H,4-6,9,20-22,24H2,1-3H3,(H,34,37)/b31-23+. The fourth-order valence-corrected chi connectivity index (χ4v) is 4.59. The highest BCUT2D eigenvalue weighted by atomic mass is 16.5. The lowest BCUT2D eigenvalue weighted by molar-refractivity contribution is -0.117. The zero-order valence-electron chi connectivity index (χ0n) is 23.3. The molecule has 39 heavy (non-hydrogen) atoms. The Hall–Kier alpha value is -3.90. The maximum absolute atomic E-state index is 13.5. The van der Waals surface area contributed by atoms with Crippen LogP contribution in [0.3, 0.4) is 0 Å². The van der Waals surface area contributed by atoms with Gasteiger partial charge in [-0.1, -0.05) is 74.4 Å². The van der Waals surface area contributed by atoms with Gasteiger partial charge in [-0.15, -0.1) is 0 Å². The van der Waals surface area contributed by atoms with E-state index in [1.54, 1.807) is 23.1 Å². The van der Waals surface area contributed by atoms with Gasteiger partial charge in [-0.05, 0) is 80.9 Å². The van der Waals surface area contributed by atoms with Gasteiger partial charge in [0, 0.05) is 12.1 Å². The fourth-order valence-electron chi connectivity index (χ4n) is 4.59. The van der Waals surface area contributed by atoms with E-state index in [4.69, 9.17) is 4.74 Å². The normalized spacial score (nSPS) is 13.9. The number of hydrogen-bond donors (Lipinski definition) is 1. The van der Waals surface area contributed by atoms with Gasteiger partial charge in [-0.25, -0.2) is 0 Å². The van der Waals surface area contributed by atoms with Crippen molar-refractivity contribution in [1.82, 2.24) is 10.2 Å². The summed E-state index contributed by atoms with van der Waals surface area (Å²) in [5.74, 6) is 0.606. The highest BCUT2D eigenvalue weighted by Crippen LogP contribution is 2.36. The SMILES string of the molecule is CCCCN(CC)CCCNC(=O)c1ccc(/C=C2/Oc3ccccc3N(Cc3ccc(C)cc3)C2=O)cc1. The summed E-state index contributed by atoms with van der Waals surface area (Å²) in [4.78, 5) is 30.3. The van der Waals surface area contributed by atoms with Gasteiger partial charge in [-0.2, -0.15) is 0 Å². The molecule has 0 saturated heterocycles. The number of unbranched alkanes of at least 4 members (excludes halogenated alkanes) is 1. The third-order valence-electron chi connectivity index (χ3n) is 6.98. The number of carbonyl (C=O) groups excluding carboxylic acids is 2. The molecule has 204 valence electrons. The van der Waals surface area contributed by atoms with Crippen LogP contribution < -0.4 is 15.0 Å². The molecule has 6 nitrogen and oxygen atoms in total. The zero-order chi connectivity index (χ0) is 27.6. The van der Waals surface area contributed by atoms with Crippen LogP contribution in [0, 0.1) is 6.92 Å². The molecular formula is C33H39N3O3. The van der Waals surface area contributed by atoms with Gasteiger partial charge in [0.15, 0.2) is 11.5 Å². The van der Waals surface area contributed by atoms with Crippen LogP contribution in [0.5, 0.6) is 5.75 Å². The summed E-state index contributed by atoms with van der Waals surface area (Å²) in [7, 11) is 0. The van der Waals surface area contributed by atoms with Crippen LogP contribution in [0.4, 0.5) is 5.69 Å². The quantitative estimate of drug-likeness (QED) is 0.226. The first-order valence-electron chi connectivity index (χ1n) is 13.9. The molecule has 1 heterocycles. The molecule has 1 aliphatic rings. The Labute approximate surface area is 232 Å². The maximum Gasteiger partial charge on any atom is 0.294 e. The number of ether oxygens (including phenoxy) is 1. The molecule has 4 rings (SSSR count). The van der Waals surface area contributed by atoms with Gasteiger partial charge in [0.25, 0.3) is 11.8 Å². The predicted molar refractivity (Wildman–Crippen MR) is 158 cm³/mol. The number of fused-ring (bicyclic) bond motifs is 1. The second-order valence-corrected chi connectivity index (χ2v) is 9.97. The average Bonchev–Trinajstić information content (AvgIpc) is 2.96. The highest BCUT2D eigenvalue weighted by molar-refractivity contribution is 6.09. The summed E-state index contributed by atoms with van der Waals surface area (Å²) in [5.41, 5.74) is 4.36. The molecule has 0 unspecified atom stereocenters. The number of hydrogen-bond acceptors (Lipinski definition) is 4. The molecule has 6 heteroatoms. The van der Waals surface area contributed by atoms with E-state index in [1.807, 2.05) is 67.6 Å². The van der Waals surface area contributed by atoms with Crippen LogP contribution in [0.15, 0.2) is 78.6 Å². The number of carbonyl (C=O) groups is 2. The van der Waals surface area contributed by atoms with Crippen LogP contribution in [-0.2, 0) is 11.3 Å². The van der Waals surface area contributed by atoms with Crippen LogP contribution >= 0.6 is 0 Å². The lowest BCUT2D eigenvalue weighted by Gasteiger charge is -2.30. The number of anilines is 1. The Morgan fingerprint density at radius 2 is 1.67 bits per heavy atom. The lowest BCUT2D eigenvalue weighted by atomic mass is 10.1. The van der Waals surface area contributed by atoms with E-state index in [0.717, 1.165) is 42.9 Å². The third-order valence-corrected chi connectivity index (χ3v) is 6.98. The van der Waals surface area contributed by atoms with Crippen molar-refractivity contribution in [3.05, 3.63) is 101 Å². The van der Waals surface area contributed by atoms with E-state index < -0.39 is 0 Å². The molecule has 2 amide bonds. The summed E-state index contributed by atoms with van der Waals surface area (Å²) in [6.45, 7) is 10.7. The topological polar surface area (TPSA) is 61.9 Å². The van der Waals surface area contributed by atoms with Crippen molar-refractivity contribution in [3.63, 3.8) is 0 Å². The van der Waals surface area contributed by atoms with Gasteiger partial charge in [0.05, 0.1) is 12.2 Å². The maximum atomic E-state index is 13.5. The van der Waals surface area contributed by atoms with E-state index in [9.17, 15) is 9.59 Å². The lowest BCUT2D eigenvalue weighted by Crippen LogP contribution is -2.36. The monoisotopic (exact) mass is 525 g/mol. The molecule has 0 radical (unpaired) electrons. The largest absolute Gasteiger partial charge is 0.449 e. The Morgan fingerprint density at radius 3 is 2.38 bits per heavy atom. The molecular weight excluding hydrogens is 486 g/mol. The predicted octanol–water partition coefficient (Wildman–Crippen LogP) is 6.20. The first-order chi connectivity index (χ1) is 19.0. The Bertz CT molecular complexity index is 1280. The highest BCUT2D eigenvalue weighted by Gasteiger charge is 2.30. The van der Waals surface area contributed by atoms with Crippen molar-refractivity contribution in [2.45, 2.75) is 46.6 Å². The fraction of sp³-hybridized carbons (Fsp3) is 0.333. The van der Waals surface area contributed by atoms with Gasteiger partial charge in [-0.3, -0.25) is 14.5 Å². The van der Waals surface area contributed by atoms with Gasteiger partial charge >= 0.3 is 0 Å². The summed E-state index contributed by atoms with van der Waals surface area (Å²) in [6, 6.07) is 23.0. The average molecular weight is 526 g/mol. The molecule has 0 aliphatic carbocycles. The number of amides is 2. The minimum atomic E-state index is -0.198. The number of benzene rings is 3. The van der Waals surface area contributed by atoms with Crippen LogP contribution in [0.2, 0.25) is 0 Å². The molecule has 1 aliphatic heterocycles. The molecule has 0 saturated carbocycles. The van der Waals surface area contributed by atoms with Gasteiger partial charge in [0.1, 0.15) is 0 Å². The van der Waals surface area contributed by atoms with Crippen molar-refractivity contribution in [2.75, 3.05) is 31.1 Å². The van der Waals surface area contributed by atoms with Crippen molar-refractivity contribution in [3.8, 4) is 5.75 Å². The first-order valence-corrected chi connectivity index (χ1v) is 13.9. The van der Waals surface area contributed by atoms with Gasteiger partial charge < -0.3 is 15.0 Å². The van der Waals surface area contributed by atoms with E-state index >= 15 is 0 Å². The summed E-state index contributed by atoms with van der Waals surface area (Å²) >= 11 is 0. The number of para-hydroxylation sites is 2. The Kier molecular flexibility index (Phi) is 9.92. The zero-order valence-corrected chi connectivity index (χ0v) is 23.3. The number of rotatable bonds is 12. The van der Waals surface area contributed by atoms with Gasteiger partial charge in [0.2, 0.25) is 0 Å². The minimum absolute atomic E-state index is 0.0889. The molecule has 1 N–H and O–H groups in total. The number of aryl methyl sites for hydroxylation is 1. The minimum Gasteiger partial charge on any atom is -0.449 e. The number of nitrogens with one attached hydrogen (secondary N) is 1. The van der Waals surface area contributed by atoms with Crippen molar-refractivity contribution < 1.29 is 14.3 Å². The van der Waals surface area contributed by atoms with Crippen molar-refractivity contribution >= 4 is 23.6 Å². The molecule has 3 aromatic rings. The molecule has 0 bridgehead atoms. The summed E-state index contributed by atoms with van der Waals surface area (Å²) < 4.78 is 6.02. The summed E-state index contributed by atoms with van der Waals surface area (Å²) in [5, 5.41) is 3.02. The smallest absolute Gasteiger partial charge is 0.294 e. The number of nitrogens with zero attached hydrogens (tertiary/aromatic N) is 2. The van der Waals surface area contributed by atoms with Crippen LogP contribution in [-0.4, -0.2) is 42.9 Å². The van der Waals surface area contributed by atoms with E-state index in [0.29, 0.717) is 24.4 Å². The van der Waals surface area contributed by atoms with Crippen molar-refractivity contribution in [2.24, 2.45) is 0 Å². The molecule has 0 atom stereocenters. The van der Waals surface area contributed by atoms with Crippen LogP contribution in [0.1, 0.15) is 60.2 Å². The Balaban J connectivity index is 1.40. The molecule has 0 aromatic heterocycles. The van der Waals surface area contributed by atoms with E-state index in [-0.39, 0.29) is 17.6 Å². The Morgan fingerprint density at radius 1 is 0.949 bits per heavy atom. The summed E-state index contributed by atoms with van der Waals surface area (Å²) in [6.07, 6.45) is 5.06. The molecule has 3 aromatic carbocycles.